The first-order valence-electron chi connectivity index (χ1n) is 9.78. The highest BCUT2D eigenvalue weighted by molar-refractivity contribution is 5.92. The van der Waals surface area contributed by atoms with E-state index in [4.69, 9.17) is 15.6 Å². The van der Waals surface area contributed by atoms with Crippen molar-refractivity contribution in [3.63, 3.8) is 0 Å². The molecule has 3 rings (SSSR count). The summed E-state index contributed by atoms with van der Waals surface area (Å²) in [6.45, 7) is 6.62. The summed E-state index contributed by atoms with van der Waals surface area (Å²) in [6, 6.07) is 16.1. The van der Waals surface area contributed by atoms with Crippen LogP contribution >= 0.6 is 0 Å². The van der Waals surface area contributed by atoms with Gasteiger partial charge in [-0.25, -0.2) is 0 Å². The fraction of sp³-hybridized carbons (Fsp3) is 0.409. The highest BCUT2D eigenvalue weighted by atomic mass is 16.5. The lowest BCUT2D eigenvalue weighted by Gasteiger charge is -2.41. The Labute approximate surface area is 166 Å². The fourth-order valence-corrected chi connectivity index (χ4v) is 3.64. The first-order chi connectivity index (χ1) is 13.6. The number of carbonyl (C=O) groups is 1. The van der Waals surface area contributed by atoms with Crippen molar-refractivity contribution in [2.45, 2.75) is 19.4 Å². The van der Waals surface area contributed by atoms with E-state index in [0.29, 0.717) is 18.2 Å². The third kappa shape index (κ3) is 5.24. The maximum absolute atomic E-state index is 11.2. The van der Waals surface area contributed by atoms with Crippen LogP contribution in [0.4, 0.5) is 5.69 Å². The van der Waals surface area contributed by atoms with Gasteiger partial charge in [0.15, 0.2) is 0 Å². The molecular weight excluding hydrogens is 354 g/mol. The van der Waals surface area contributed by atoms with Crippen LogP contribution in [-0.2, 0) is 6.42 Å². The van der Waals surface area contributed by atoms with Gasteiger partial charge in [-0.15, -0.1) is 0 Å². The molecule has 1 atom stereocenters. The van der Waals surface area contributed by atoms with E-state index in [-0.39, 0.29) is 12.5 Å². The molecule has 2 aromatic rings. The summed E-state index contributed by atoms with van der Waals surface area (Å²) in [5, 5.41) is 8.84. The second-order valence-corrected chi connectivity index (χ2v) is 7.22. The van der Waals surface area contributed by atoms with Crippen LogP contribution in [0.2, 0.25) is 0 Å². The standard InChI is InChI=1S/C22H29N3O3/c1-17-16-24(11-10-18-2-4-19(5-3-18)22(23)27)12-13-25(17)20-6-8-21(9-7-20)28-15-14-26/h2-9,17,26H,10-16H2,1H3,(H2,23,27). The normalized spacial score (nSPS) is 17.5. The zero-order valence-corrected chi connectivity index (χ0v) is 16.4. The number of hydrogen-bond donors (Lipinski definition) is 2. The molecule has 150 valence electrons. The molecule has 1 heterocycles. The number of rotatable bonds is 8. The van der Waals surface area contributed by atoms with Gasteiger partial charge < -0.3 is 20.5 Å². The number of nitrogens with zero attached hydrogens (tertiary/aromatic N) is 2. The summed E-state index contributed by atoms with van der Waals surface area (Å²) in [4.78, 5) is 16.1. The smallest absolute Gasteiger partial charge is 0.248 e. The van der Waals surface area contributed by atoms with E-state index in [1.54, 1.807) is 12.1 Å². The molecule has 0 aliphatic carbocycles. The first-order valence-corrected chi connectivity index (χ1v) is 9.78. The van der Waals surface area contributed by atoms with Gasteiger partial charge >= 0.3 is 0 Å². The highest BCUT2D eigenvalue weighted by Gasteiger charge is 2.23. The molecule has 6 nitrogen and oxygen atoms in total. The predicted octanol–water partition coefficient (Wildman–Crippen LogP) is 1.91. The van der Waals surface area contributed by atoms with Gasteiger partial charge in [-0.1, -0.05) is 12.1 Å². The molecule has 1 aliphatic heterocycles. The molecule has 0 spiro atoms. The monoisotopic (exact) mass is 383 g/mol. The van der Waals surface area contributed by atoms with Gasteiger partial charge in [0, 0.05) is 43.5 Å². The molecular formula is C22H29N3O3. The first kappa shape index (κ1) is 20.2. The van der Waals surface area contributed by atoms with Crippen molar-refractivity contribution < 1.29 is 14.6 Å². The molecule has 0 aromatic heterocycles. The number of aliphatic hydroxyl groups is 1. The van der Waals surface area contributed by atoms with E-state index in [2.05, 4.69) is 28.9 Å². The maximum atomic E-state index is 11.2. The average molecular weight is 383 g/mol. The molecule has 1 amide bonds. The summed E-state index contributed by atoms with van der Waals surface area (Å²) in [6.07, 6.45) is 0.961. The molecule has 1 unspecified atom stereocenters. The molecule has 28 heavy (non-hydrogen) atoms. The Hall–Kier alpha value is -2.57. The number of benzene rings is 2. The summed E-state index contributed by atoms with van der Waals surface area (Å²) in [5.74, 6) is 0.399. The Kier molecular flexibility index (Phi) is 6.90. The molecule has 1 saturated heterocycles. The molecule has 0 bridgehead atoms. The predicted molar refractivity (Wildman–Crippen MR) is 111 cm³/mol. The minimum Gasteiger partial charge on any atom is -0.491 e. The third-order valence-electron chi connectivity index (χ3n) is 5.20. The van der Waals surface area contributed by atoms with Crippen molar-refractivity contribution in [2.24, 2.45) is 5.73 Å². The number of carbonyl (C=O) groups excluding carboxylic acids is 1. The van der Waals surface area contributed by atoms with Gasteiger partial charge in [0.25, 0.3) is 0 Å². The van der Waals surface area contributed by atoms with Gasteiger partial charge in [0.05, 0.1) is 6.61 Å². The van der Waals surface area contributed by atoms with Crippen molar-refractivity contribution in [3.05, 3.63) is 59.7 Å². The third-order valence-corrected chi connectivity index (χ3v) is 5.20. The van der Waals surface area contributed by atoms with Crippen molar-refractivity contribution >= 4 is 11.6 Å². The number of hydrogen-bond acceptors (Lipinski definition) is 5. The number of ether oxygens (including phenoxy) is 1. The minimum atomic E-state index is -0.385. The molecule has 2 aromatic carbocycles. The lowest BCUT2D eigenvalue weighted by Crippen LogP contribution is -2.52. The molecule has 1 fully saturated rings. The van der Waals surface area contributed by atoms with Crippen LogP contribution in [0.3, 0.4) is 0 Å². The Bertz CT molecular complexity index is 762. The Morgan fingerprint density at radius 3 is 2.46 bits per heavy atom. The second-order valence-electron chi connectivity index (χ2n) is 7.22. The summed E-state index contributed by atoms with van der Waals surface area (Å²) < 4.78 is 5.43. The van der Waals surface area contributed by atoms with Gasteiger partial charge in [-0.3, -0.25) is 9.69 Å². The Morgan fingerprint density at radius 1 is 1.14 bits per heavy atom. The van der Waals surface area contributed by atoms with Crippen LogP contribution in [0.1, 0.15) is 22.8 Å². The van der Waals surface area contributed by atoms with Gasteiger partial charge in [0.1, 0.15) is 12.4 Å². The molecule has 6 heteroatoms. The number of aliphatic hydroxyl groups excluding tert-OH is 1. The SMILES string of the molecule is CC1CN(CCc2ccc(C(N)=O)cc2)CCN1c1ccc(OCCO)cc1. The minimum absolute atomic E-state index is 0.0238. The lowest BCUT2D eigenvalue weighted by molar-refractivity contribution is 0.100. The van der Waals surface area contributed by atoms with Gasteiger partial charge in [0.2, 0.25) is 5.91 Å². The molecule has 1 aliphatic rings. The van der Waals surface area contributed by atoms with E-state index in [1.807, 2.05) is 24.3 Å². The number of primary amides is 1. The average Bonchev–Trinajstić information content (AvgIpc) is 2.71. The molecule has 0 radical (unpaired) electrons. The molecule has 0 saturated carbocycles. The number of anilines is 1. The van der Waals surface area contributed by atoms with E-state index in [1.165, 1.54) is 11.3 Å². The number of piperazine rings is 1. The Morgan fingerprint density at radius 2 is 1.86 bits per heavy atom. The molecule has 3 N–H and O–H groups in total. The summed E-state index contributed by atoms with van der Waals surface area (Å²) in [5.41, 5.74) is 8.27. The van der Waals surface area contributed by atoms with Crippen molar-refractivity contribution in [1.29, 1.82) is 0 Å². The van der Waals surface area contributed by atoms with Gasteiger partial charge in [-0.05, 0) is 55.3 Å². The quantitative estimate of drug-likeness (QED) is 0.728. The van der Waals surface area contributed by atoms with Crippen LogP contribution in [0, 0.1) is 0 Å². The number of amides is 1. The van der Waals surface area contributed by atoms with Crippen molar-refractivity contribution in [2.75, 3.05) is 44.3 Å². The van der Waals surface area contributed by atoms with E-state index < -0.39 is 0 Å². The van der Waals surface area contributed by atoms with Crippen LogP contribution in [0.25, 0.3) is 0 Å². The van der Waals surface area contributed by atoms with E-state index in [9.17, 15) is 4.79 Å². The number of nitrogens with two attached hydrogens (primary N) is 1. The van der Waals surface area contributed by atoms with Crippen molar-refractivity contribution in [3.8, 4) is 5.75 Å². The van der Waals surface area contributed by atoms with Crippen molar-refractivity contribution in [1.82, 2.24) is 4.90 Å². The zero-order chi connectivity index (χ0) is 19.9. The maximum Gasteiger partial charge on any atom is 0.248 e. The van der Waals surface area contributed by atoms with E-state index >= 15 is 0 Å². The van der Waals surface area contributed by atoms with E-state index in [0.717, 1.165) is 38.3 Å². The highest BCUT2D eigenvalue weighted by Crippen LogP contribution is 2.23. The van der Waals surface area contributed by atoms with Crippen LogP contribution in [0.15, 0.2) is 48.5 Å². The summed E-state index contributed by atoms with van der Waals surface area (Å²) in [7, 11) is 0. The zero-order valence-electron chi connectivity index (χ0n) is 16.4. The largest absolute Gasteiger partial charge is 0.491 e. The van der Waals surface area contributed by atoms with Crippen LogP contribution < -0.4 is 15.4 Å². The van der Waals surface area contributed by atoms with Gasteiger partial charge in [-0.2, -0.15) is 0 Å². The lowest BCUT2D eigenvalue weighted by atomic mass is 10.1. The van der Waals surface area contributed by atoms with Crippen LogP contribution in [0.5, 0.6) is 5.75 Å². The van der Waals surface area contributed by atoms with Crippen LogP contribution in [-0.4, -0.2) is 61.3 Å². The Balaban J connectivity index is 1.49. The summed E-state index contributed by atoms with van der Waals surface area (Å²) >= 11 is 0. The topological polar surface area (TPSA) is 79.0 Å². The second kappa shape index (κ2) is 9.57. The fourth-order valence-electron chi connectivity index (χ4n) is 3.64.